The van der Waals surface area contributed by atoms with Crippen molar-refractivity contribution in [1.29, 1.82) is 0 Å². The van der Waals surface area contributed by atoms with Crippen molar-refractivity contribution in [3.05, 3.63) is 21.1 Å². The van der Waals surface area contributed by atoms with E-state index in [0.29, 0.717) is 14.6 Å². The number of nitrogen functional groups attached to an aromatic ring is 1. The third kappa shape index (κ3) is 4.69. The molecule has 0 aliphatic heterocycles. The van der Waals surface area contributed by atoms with Crippen molar-refractivity contribution in [1.82, 2.24) is 4.72 Å². The Morgan fingerprint density at radius 1 is 1.15 bits per heavy atom. The van der Waals surface area contributed by atoms with Crippen LogP contribution < -0.4 is 10.5 Å². The second-order valence-corrected chi connectivity index (χ2v) is 9.83. The van der Waals surface area contributed by atoms with Crippen LogP contribution in [0.5, 0.6) is 0 Å². The quantitative estimate of drug-likeness (QED) is 0.640. The number of hydrogen-bond acceptors (Lipinski definition) is 5. The maximum atomic E-state index is 12.2. The first kappa shape index (κ1) is 17.9. The molecule has 114 valence electrons. The van der Waals surface area contributed by atoms with Gasteiger partial charge in [0.05, 0.1) is 5.75 Å². The standard InChI is InChI=1S/C10H14Br2N2O4S2/c1-2-19(15,16)4-3-14-20(17,18)10-8(11)5-7(13)6-9(10)12/h5-6,14H,2-4,13H2,1H3. The van der Waals surface area contributed by atoms with Crippen LogP contribution in [0.3, 0.4) is 0 Å². The molecule has 0 saturated carbocycles. The van der Waals surface area contributed by atoms with Gasteiger partial charge in [0.15, 0.2) is 9.84 Å². The van der Waals surface area contributed by atoms with Crippen molar-refractivity contribution < 1.29 is 16.8 Å². The van der Waals surface area contributed by atoms with Gasteiger partial charge in [-0.2, -0.15) is 0 Å². The van der Waals surface area contributed by atoms with E-state index in [9.17, 15) is 16.8 Å². The smallest absolute Gasteiger partial charge is 0.242 e. The van der Waals surface area contributed by atoms with Crippen LogP contribution in [0.15, 0.2) is 26.0 Å². The molecular formula is C10H14Br2N2O4S2. The fourth-order valence-corrected chi connectivity index (χ4v) is 5.86. The second kappa shape index (κ2) is 6.73. The summed E-state index contributed by atoms with van der Waals surface area (Å²) in [5, 5.41) is 0. The average Bonchev–Trinajstić information content (AvgIpc) is 2.26. The van der Waals surface area contributed by atoms with Gasteiger partial charge in [0.2, 0.25) is 10.0 Å². The molecule has 10 heteroatoms. The van der Waals surface area contributed by atoms with Gasteiger partial charge in [-0.1, -0.05) is 6.92 Å². The lowest BCUT2D eigenvalue weighted by molar-refractivity contribution is 0.580. The van der Waals surface area contributed by atoms with E-state index in [1.54, 1.807) is 0 Å². The van der Waals surface area contributed by atoms with E-state index in [1.165, 1.54) is 19.1 Å². The Kier molecular flexibility index (Phi) is 6.02. The Bertz CT molecular complexity index is 679. The van der Waals surface area contributed by atoms with Crippen molar-refractivity contribution in [2.45, 2.75) is 11.8 Å². The number of halogens is 2. The number of anilines is 1. The summed E-state index contributed by atoms with van der Waals surface area (Å²) in [5.41, 5.74) is 5.99. The summed E-state index contributed by atoms with van der Waals surface area (Å²) >= 11 is 6.26. The Hall–Kier alpha value is -0.160. The van der Waals surface area contributed by atoms with Gasteiger partial charge in [-0.15, -0.1) is 0 Å². The zero-order chi connectivity index (χ0) is 15.6. The molecule has 1 rings (SSSR count). The third-order valence-corrected chi connectivity index (χ3v) is 7.48. The normalized spacial score (nSPS) is 12.6. The van der Waals surface area contributed by atoms with E-state index in [1.807, 2.05) is 0 Å². The van der Waals surface area contributed by atoms with Crippen LogP contribution in [0.2, 0.25) is 0 Å². The lowest BCUT2D eigenvalue weighted by Gasteiger charge is -2.11. The van der Waals surface area contributed by atoms with E-state index in [-0.39, 0.29) is 22.9 Å². The first-order valence-corrected chi connectivity index (χ1v) is 10.4. The minimum atomic E-state index is -3.83. The molecule has 1 aromatic carbocycles. The van der Waals surface area contributed by atoms with Crippen LogP contribution in [0.25, 0.3) is 0 Å². The fourth-order valence-electron chi connectivity index (χ4n) is 1.38. The van der Waals surface area contributed by atoms with Crippen molar-refractivity contribution in [2.24, 2.45) is 0 Å². The molecule has 0 amide bonds. The van der Waals surface area contributed by atoms with E-state index in [2.05, 4.69) is 36.6 Å². The van der Waals surface area contributed by atoms with Gasteiger partial charge in [-0.3, -0.25) is 0 Å². The van der Waals surface area contributed by atoms with Gasteiger partial charge in [-0.05, 0) is 44.0 Å². The van der Waals surface area contributed by atoms with Crippen molar-refractivity contribution in [3.63, 3.8) is 0 Å². The van der Waals surface area contributed by atoms with Crippen LogP contribution in [0.4, 0.5) is 5.69 Å². The molecule has 20 heavy (non-hydrogen) atoms. The van der Waals surface area contributed by atoms with Gasteiger partial charge in [0, 0.05) is 26.9 Å². The number of sulfone groups is 1. The lowest BCUT2D eigenvalue weighted by atomic mass is 10.3. The SMILES string of the molecule is CCS(=O)(=O)CCNS(=O)(=O)c1c(Br)cc(N)cc1Br. The van der Waals surface area contributed by atoms with Gasteiger partial charge in [-0.25, -0.2) is 21.6 Å². The van der Waals surface area contributed by atoms with Crippen molar-refractivity contribution >= 4 is 57.4 Å². The van der Waals surface area contributed by atoms with Crippen LogP contribution >= 0.6 is 31.9 Å². The largest absolute Gasteiger partial charge is 0.399 e. The monoisotopic (exact) mass is 448 g/mol. The van der Waals surface area contributed by atoms with E-state index in [4.69, 9.17) is 5.73 Å². The molecule has 0 spiro atoms. The number of nitrogens with two attached hydrogens (primary N) is 1. The van der Waals surface area contributed by atoms with Gasteiger partial charge < -0.3 is 5.73 Å². The number of hydrogen-bond donors (Lipinski definition) is 2. The number of benzene rings is 1. The summed E-state index contributed by atoms with van der Waals surface area (Å²) in [6.07, 6.45) is 0. The Balaban J connectivity index is 2.96. The Labute approximate surface area is 135 Å². The summed E-state index contributed by atoms with van der Waals surface area (Å²) in [4.78, 5) is -0.0133. The fraction of sp³-hybridized carbons (Fsp3) is 0.400. The topological polar surface area (TPSA) is 106 Å². The van der Waals surface area contributed by atoms with Crippen molar-refractivity contribution in [2.75, 3.05) is 23.8 Å². The number of sulfonamides is 1. The zero-order valence-corrected chi connectivity index (χ0v) is 15.4. The van der Waals surface area contributed by atoms with Crippen molar-refractivity contribution in [3.8, 4) is 0 Å². The Morgan fingerprint density at radius 3 is 2.10 bits per heavy atom. The molecule has 0 aliphatic rings. The van der Waals surface area contributed by atoms with E-state index >= 15 is 0 Å². The first-order valence-electron chi connectivity index (χ1n) is 5.53. The molecule has 0 unspecified atom stereocenters. The van der Waals surface area contributed by atoms with Gasteiger partial charge >= 0.3 is 0 Å². The van der Waals surface area contributed by atoms with Crippen LogP contribution in [-0.4, -0.2) is 34.9 Å². The van der Waals surface area contributed by atoms with E-state index in [0.717, 1.165) is 0 Å². The predicted molar refractivity (Wildman–Crippen MR) is 85.8 cm³/mol. The highest BCUT2D eigenvalue weighted by atomic mass is 79.9. The first-order chi connectivity index (χ1) is 9.09. The molecule has 0 aliphatic carbocycles. The molecule has 0 atom stereocenters. The minimum absolute atomic E-state index is 0.0133. The molecule has 3 N–H and O–H groups in total. The highest BCUT2D eigenvalue weighted by Gasteiger charge is 2.22. The zero-order valence-electron chi connectivity index (χ0n) is 10.6. The maximum absolute atomic E-state index is 12.2. The molecular weight excluding hydrogens is 436 g/mol. The third-order valence-electron chi connectivity index (χ3n) is 2.43. The number of rotatable bonds is 6. The molecule has 0 aromatic heterocycles. The lowest BCUT2D eigenvalue weighted by Crippen LogP contribution is -2.30. The molecule has 0 radical (unpaired) electrons. The van der Waals surface area contributed by atoms with Crippen LogP contribution in [0, 0.1) is 0 Å². The highest BCUT2D eigenvalue weighted by Crippen LogP contribution is 2.32. The van der Waals surface area contributed by atoms with Crippen LogP contribution in [-0.2, 0) is 19.9 Å². The number of nitrogens with one attached hydrogen (secondary N) is 1. The van der Waals surface area contributed by atoms with Crippen LogP contribution in [0.1, 0.15) is 6.92 Å². The molecule has 0 bridgehead atoms. The summed E-state index contributed by atoms with van der Waals surface area (Å²) < 4.78 is 49.8. The Morgan fingerprint density at radius 2 is 1.65 bits per heavy atom. The van der Waals surface area contributed by atoms with Gasteiger partial charge in [0.25, 0.3) is 0 Å². The summed E-state index contributed by atoms with van der Waals surface area (Å²) in [6.45, 7) is 1.33. The average molecular weight is 450 g/mol. The summed E-state index contributed by atoms with van der Waals surface area (Å²) in [7, 11) is -7.05. The maximum Gasteiger partial charge on any atom is 0.242 e. The molecule has 0 heterocycles. The minimum Gasteiger partial charge on any atom is -0.399 e. The molecule has 1 aromatic rings. The summed E-state index contributed by atoms with van der Waals surface area (Å²) in [6, 6.07) is 2.92. The highest BCUT2D eigenvalue weighted by molar-refractivity contribution is 9.11. The molecule has 0 fully saturated rings. The second-order valence-electron chi connectivity index (χ2n) is 3.95. The molecule has 6 nitrogen and oxygen atoms in total. The van der Waals surface area contributed by atoms with Gasteiger partial charge in [0.1, 0.15) is 4.90 Å². The van der Waals surface area contributed by atoms with E-state index < -0.39 is 19.9 Å². The summed E-state index contributed by atoms with van der Waals surface area (Å²) in [5.74, 6) is -0.267. The predicted octanol–water partition coefficient (Wildman–Crippen LogP) is 1.51. The molecule has 0 saturated heterocycles.